The summed E-state index contributed by atoms with van der Waals surface area (Å²) in [5.74, 6) is 2.24. The molecule has 0 saturated carbocycles. The summed E-state index contributed by atoms with van der Waals surface area (Å²) in [4.78, 5) is 23.9. The van der Waals surface area contributed by atoms with Crippen LogP contribution in [-0.4, -0.2) is 32.2 Å². The van der Waals surface area contributed by atoms with E-state index in [4.69, 9.17) is 15.9 Å². The summed E-state index contributed by atoms with van der Waals surface area (Å²) >= 11 is 0. The minimum absolute atomic E-state index is 0.0931. The Balaban J connectivity index is 2.20. The summed E-state index contributed by atoms with van der Waals surface area (Å²) in [7, 11) is 1.28. The van der Waals surface area contributed by atoms with E-state index >= 15 is 0 Å². The highest BCUT2D eigenvalue weighted by Gasteiger charge is 2.12. The van der Waals surface area contributed by atoms with Crippen LogP contribution in [0, 0.1) is 23.7 Å². The first-order valence-electron chi connectivity index (χ1n) is 8.97. The molecule has 0 aliphatic heterocycles. The van der Waals surface area contributed by atoms with Crippen LogP contribution in [-0.2, 0) is 9.53 Å². The van der Waals surface area contributed by atoms with E-state index in [1.165, 1.54) is 25.3 Å². The van der Waals surface area contributed by atoms with Gasteiger partial charge in [-0.3, -0.25) is 4.79 Å². The number of hydrogen-bond acceptors (Lipinski definition) is 6. The van der Waals surface area contributed by atoms with Gasteiger partial charge in [0.05, 0.1) is 19.3 Å². The van der Waals surface area contributed by atoms with Gasteiger partial charge in [-0.15, -0.1) is 6.42 Å². The Morgan fingerprint density at radius 2 is 1.87 bits per heavy atom. The molecule has 0 aliphatic carbocycles. The average Bonchev–Trinajstić information content (AvgIpc) is 2.77. The Morgan fingerprint density at radius 3 is 2.47 bits per heavy atom. The molecule has 2 aromatic carbocycles. The van der Waals surface area contributed by atoms with Crippen molar-refractivity contribution in [1.29, 1.82) is 5.26 Å². The third-order valence-electron chi connectivity index (χ3n) is 3.82. The molecule has 2 rings (SSSR count). The molecule has 0 aliphatic rings. The van der Waals surface area contributed by atoms with Crippen LogP contribution in [0.4, 0.5) is 5.69 Å². The fraction of sp³-hybridized carbons (Fsp3) is 0.174. The molecule has 0 atom stereocenters. The monoisotopic (exact) mass is 404 g/mol. The highest BCUT2D eigenvalue weighted by Crippen LogP contribution is 2.29. The maximum atomic E-state index is 12.5. The molecule has 0 fully saturated rings. The molecule has 0 saturated heterocycles. The number of esters is 1. The number of ether oxygens (including phenoxy) is 3. The molecule has 152 valence electrons. The minimum Gasteiger partial charge on any atom is -0.490 e. The topological polar surface area (TPSA) is 97.7 Å². The fourth-order valence-corrected chi connectivity index (χ4v) is 2.44. The van der Waals surface area contributed by atoms with Crippen molar-refractivity contribution >= 4 is 23.6 Å². The molecule has 0 radical (unpaired) electrons. The Morgan fingerprint density at radius 1 is 1.13 bits per heavy atom. The van der Waals surface area contributed by atoms with Crippen LogP contribution in [0.15, 0.2) is 48.0 Å². The lowest BCUT2D eigenvalue weighted by Gasteiger charge is -2.11. The van der Waals surface area contributed by atoms with Gasteiger partial charge < -0.3 is 19.5 Å². The Bertz CT molecular complexity index is 1030. The van der Waals surface area contributed by atoms with Gasteiger partial charge in [-0.2, -0.15) is 5.26 Å². The van der Waals surface area contributed by atoms with Crippen LogP contribution < -0.4 is 14.8 Å². The number of methoxy groups -OCH3 is 1. The Kier molecular flexibility index (Phi) is 8.04. The highest BCUT2D eigenvalue weighted by atomic mass is 16.5. The van der Waals surface area contributed by atoms with Gasteiger partial charge in [0.15, 0.2) is 11.5 Å². The minimum atomic E-state index is -0.589. The fourth-order valence-electron chi connectivity index (χ4n) is 2.44. The van der Waals surface area contributed by atoms with Gasteiger partial charge in [0.1, 0.15) is 18.2 Å². The summed E-state index contributed by atoms with van der Waals surface area (Å²) in [6.45, 7) is 2.33. The van der Waals surface area contributed by atoms with Gasteiger partial charge in [-0.25, -0.2) is 4.79 Å². The Labute approximate surface area is 174 Å². The molecule has 1 N–H and O–H groups in total. The van der Waals surface area contributed by atoms with Crippen molar-refractivity contribution in [2.75, 3.05) is 25.6 Å². The molecule has 0 bridgehead atoms. The summed E-state index contributed by atoms with van der Waals surface area (Å²) in [6.07, 6.45) is 6.65. The predicted molar refractivity (Wildman–Crippen MR) is 112 cm³/mol. The number of nitrogens with zero attached hydrogens (tertiary/aromatic N) is 1. The van der Waals surface area contributed by atoms with Crippen LogP contribution in [0.25, 0.3) is 6.08 Å². The lowest BCUT2D eigenvalue weighted by atomic mass is 10.1. The van der Waals surface area contributed by atoms with Gasteiger partial charge >= 0.3 is 5.97 Å². The van der Waals surface area contributed by atoms with E-state index in [9.17, 15) is 14.9 Å². The van der Waals surface area contributed by atoms with Crippen molar-refractivity contribution in [2.45, 2.75) is 6.92 Å². The van der Waals surface area contributed by atoms with Crippen molar-refractivity contribution < 1.29 is 23.8 Å². The number of amides is 1. The number of carbonyl (C=O) groups excluding carboxylic acids is 2. The molecule has 7 heteroatoms. The maximum Gasteiger partial charge on any atom is 0.337 e. The summed E-state index contributed by atoms with van der Waals surface area (Å²) in [6, 6.07) is 13.0. The quantitative estimate of drug-likeness (QED) is 0.313. The van der Waals surface area contributed by atoms with Gasteiger partial charge in [-0.1, -0.05) is 12.0 Å². The zero-order valence-electron chi connectivity index (χ0n) is 16.6. The normalized spacial score (nSPS) is 10.3. The van der Waals surface area contributed by atoms with E-state index < -0.39 is 11.9 Å². The second-order valence-electron chi connectivity index (χ2n) is 5.82. The number of rotatable bonds is 8. The third kappa shape index (κ3) is 5.88. The van der Waals surface area contributed by atoms with E-state index in [2.05, 4.69) is 16.0 Å². The summed E-state index contributed by atoms with van der Waals surface area (Å²) < 4.78 is 15.6. The molecule has 0 unspecified atom stereocenters. The van der Waals surface area contributed by atoms with Crippen molar-refractivity contribution in [3.05, 3.63) is 59.2 Å². The molecule has 30 heavy (non-hydrogen) atoms. The number of terminal acetylenes is 1. The number of hydrogen-bond donors (Lipinski definition) is 1. The molecule has 2 aromatic rings. The van der Waals surface area contributed by atoms with Gasteiger partial charge in [-0.05, 0) is 55.0 Å². The lowest BCUT2D eigenvalue weighted by molar-refractivity contribution is -0.112. The van der Waals surface area contributed by atoms with Crippen molar-refractivity contribution in [3.8, 4) is 29.9 Å². The van der Waals surface area contributed by atoms with Crippen LogP contribution in [0.2, 0.25) is 0 Å². The van der Waals surface area contributed by atoms with Crippen LogP contribution in [0.5, 0.6) is 11.5 Å². The molecule has 7 nitrogen and oxygen atoms in total. The van der Waals surface area contributed by atoms with Crippen molar-refractivity contribution in [1.82, 2.24) is 0 Å². The standard InChI is InChI=1S/C23H20N2O5/c1-4-12-30-20-11-6-16(14-21(20)29-5-2)13-18(15-24)22(26)25-19-9-7-17(8-10-19)23(27)28-3/h1,6-11,13-14H,5,12H2,2-3H3,(H,25,26)/b18-13+. The zero-order valence-corrected chi connectivity index (χ0v) is 16.6. The molecule has 0 heterocycles. The van der Waals surface area contributed by atoms with E-state index in [-0.39, 0.29) is 12.2 Å². The smallest absolute Gasteiger partial charge is 0.337 e. The molecule has 0 aromatic heterocycles. The van der Waals surface area contributed by atoms with E-state index in [1.807, 2.05) is 13.0 Å². The predicted octanol–water partition coefficient (Wildman–Crippen LogP) is 3.43. The lowest BCUT2D eigenvalue weighted by Crippen LogP contribution is -2.13. The highest BCUT2D eigenvalue weighted by molar-refractivity contribution is 6.09. The average molecular weight is 404 g/mol. The summed E-state index contributed by atoms with van der Waals surface area (Å²) in [5.41, 5.74) is 1.26. The van der Waals surface area contributed by atoms with Gasteiger partial charge in [0, 0.05) is 5.69 Å². The first-order valence-corrected chi connectivity index (χ1v) is 8.97. The van der Waals surface area contributed by atoms with E-state index in [0.29, 0.717) is 34.9 Å². The van der Waals surface area contributed by atoms with E-state index in [0.717, 1.165) is 0 Å². The maximum absolute atomic E-state index is 12.5. The van der Waals surface area contributed by atoms with E-state index in [1.54, 1.807) is 30.3 Å². The first kappa shape index (κ1) is 22.1. The van der Waals surface area contributed by atoms with Gasteiger partial charge in [0.25, 0.3) is 5.91 Å². The van der Waals surface area contributed by atoms with Crippen LogP contribution in [0.1, 0.15) is 22.8 Å². The third-order valence-corrected chi connectivity index (χ3v) is 3.82. The second kappa shape index (κ2) is 10.9. The molecular formula is C23H20N2O5. The SMILES string of the molecule is C#CCOc1ccc(/C=C(\C#N)C(=O)Nc2ccc(C(=O)OC)cc2)cc1OCC. The molecular weight excluding hydrogens is 384 g/mol. The number of nitrogens with one attached hydrogen (secondary N) is 1. The largest absolute Gasteiger partial charge is 0.490 e. The van der Waals surface area contributed by atoms with Crippen molar-refractivity contribution in [2.24, 2.45) is 0 Å². The van der Waals surface area contributed by atoms with Gasteiger partial charge in [0.2, 0.25) is 0 Å². The van der Waals surface area contributed by atoms with Crippen molar-refractivity contribution in [3.63, 3.8) is 0 Å². The number of benzene rings is 2. The first-order chi connectivity index (χ1) is 14.5. The molecule has 1 amide bonds. The number of carbonyl (C=O) groups is 2. The van der Waals surface area contributed by atoms with Crippen LogP contribution in [0.3, 0.4) is 0 Å². The van der Waals surface area contributed by atoms with Crippen LogP contribution >= 0.6 is 0 Å². The summed E-state index contributed by atoms with van der Waals surface area (Å²) in [5, 5.41) is 12.0. The number of anilines is 1. The number of nitriles is 1. The molecule has 0 spiro atoms. The second-order valence-corrected chi connectivity index (χ2v) is 5.82. The zero-order chi connectivity index (χ0) is 21.9. The Hall–Kier alpha value is -4.23.